The highest BCUT2D eigenvalue weighted by molar-refractivity contribution is 7.90. The van der Waals surface area contributed by atoms with Crippen molar-refractivity contribution in [2.75, 3.05) is 13.6 Å². The molecule has 80 valence electrons. The first-order valence-electron chi connectivity index (χ1n) is 3.89. The summed E-state index contributed by atoms with van der Waals surface area (Å²) in [6.45, 7) is 1.11. The molecule has 1 atom stereocenters. The van der Waals surface area contributed by atoms with E-state index in [-0.39, 0.29) is 13.0 Å². The van der Waals surface area contributed by atoms with Gasteiger partial charge in [-0.15, -0.1) is 0 Å². The molecule has 0 aromatic heterocycles. The van der Waals surface area contributed by atoms with Crippen LogP contribution in [0, 0.1) is 11.3 Å². The Hall–Kier alpha value is -1.13. The fraction of sp³-hybridized carbons (Fsp3) is 0.714. The van der Waals surface area contributed by atoms with Gasteiger partial charge in [0.25, 0.3) is 0 Å². The molecule has 0 aliphatic carbocycles. The lowest BCUT2D eigenvalue weighted by molar-refractivity contribution is -0.136. The highest BCUT2D eigenvalue weighted by atomic mass is 32.2. The predicted molar refractivity (Wildman–Crippen MR) is 48.9 cm³/mol. The molecule has 0 aromatic carbocycles. The minimum Gasteiger partial charge on any atom is -0.480 e. The van der Waals surface area contributed by atoms with Gasteiger partial charge in [-0.05, 0) is 6.92 Å². The van der Waals surface area contributed by atoms with Gasteiger partial charge in [0, 0.05) is 20.0 Å². The third kappa shape index (κ3) is 2.97. The van der Waals surface area contributed by atoms with Crippen molar-refractivity contribution in [3.05, 3.63) is 0 Å². The van der Waals surface area contributed by atoms with E-state index >= 15 is 0 Å². The van der Waals surface area contributed by atoms with Crippen LogP contribution in [0.1, 0.15) is 13.3 Å². The zero-order valence-corrected chi connectivity index (χ0v) is 8.78. The van der Waals surface area contributed by atoms with E-state index in [9.17, 15) is 13.2 Å². The van der Waals surface area contributed by atoms with Gasteiger partial charge in [-0.1, -0.05) is 0 Å². The van der Waals surface area contributed by atoms with Crippen molar-refractivity contribution in [2.45, 2.75) is 18.6 Å². The Labute approximate surface area is 82.8 Å². The average Bonchev–Trinajstić information content (AvgIpc) is 2.12. The molecule has 0 aliphatic rings. The number of carboxylic acids is 1. The van der Waals surface area contributed by atoms with E-state index in [0.717, 1.165) is 11.2 Å². The molecule has 1 unspecified atom stereocenters. The molecule has 0 amide bonds. The fourth-order valence-corrected chi connectivity index (χ4v) is 1.87. The summed E-state index contributed by atoms with van der Waals surface area (Å²) in [5.41, 5.74) is 0. The minimum absolute atomic E-state index is 0.0104. The van der Waals surface area contributed by atoms with Crippen molar-refractivity contribution >= 4 is 16.0 Å². The second-order valence-corrected chi connectivity index (χ2v) is 5.12. The van der Waals surface area contributed by atoms with Gasteiger partial charge in [0.05, 0.1) is 6.07 Å². The molecular formula is C7H12N2O4S. The predicted octanol–water partition coefficient (Wildman–Crippen LogP) is -0.365. The molecule has 0 bridgehead atoms. The third-order valence-electron chi connectivity index (χ3n) is 1.77. The summed E-state index contributed by atoms with van der Waals surface area (Å²) in [6.07, 6.45) is 0.0437. The molecule has 0 aliphatic heterocycles. The molecule has 0 spiro atoms. The molecule has 1 N–H and O–H groups in total. The average molecular weight is 220 g/mol. The number of nitriles is 1. The van der Waals surface area contributed by atoms with Crippen molar-refractivity contribution in [1.29, 1.82) is 5.26 Å². The first kappa shape index (κ1) is 12.9. The lowest BCUT2D eigenvalue weighted by Gasteiger charge is -2.18. The van der Waals surface area contributed by atoms with Gasteiger partial charge >= 0.3 is 5.97 Å². The minimum atomic E-state index is -3.83. The molecular weight excluding hydrogens is 208 g/mol. The van der Waals surface area contributed by atoms with E-state index in [2.05, 4.69) is 0 Å². The van der Waals surface area contributed by atoms with Crippen molar-refractivity contribution in [1.82, 2.24) is 4.31 Å². The van der Waals surface area contributed by atoms with E-state index < -0.39 is 21.2 Å². The normalized spacial score (nSPS) is 13.6. The third-order valence-corrected chi connectivity index (χ3v) is 3.91. The van der Waals surface area contributed by atoms with E-state index in [1.165, 1.54) is 7.05 Å². The number of aliphatic carboxylic acids is 1. The van der Waals surface area contributed by atoms with Crippen LogP contribution >= 0.6 is 0 Å². The summed E-state index contributed by atoms with van der Waals surface area (Å²) in [5.74, 6) is -1.39. The Bertz CT molecular complexity index is 343. The molecule has 0 saturated carbocycles. The van der Waals surface area contributed by atoms with Crippen molar-refractivity contribution in [3.63, 3.8) is 0 Å². The van der Waals surface area contributed by atoms with Crippen LogP contribution in [0.5, 0.6) is 0 Å². The zero-order chi connectivity index (χ0) is 11.4. The molecule has 0 heterocycles. The number of sulfonamides is 1. The highest BCUT2D eigenvalue weighted by Gasteiger charge is 2.31. The smallest absolute Gasteiger partial charge is 0.323 e. The molecule has 0 fully saturated rings. The number of carboxylic acid groups (broad SMARTS) is 1. The maximum atomic E-state index is 11.4. The van der Waals surface area contributed by atoms with E-state index in [1.807, 2.05) is 0 Å². The highest BCUT2D eigenvalue weighted by Crippen LogP contribution is 2.07. The lowest BCUT2D eigenvalue weighted by atomic mass is 10.5. The maximum Gasteiger partial charge on any atom is 0.323 e. The van der Waals surface area contributed by atoms with Crippen LogP contribution in [0.15, 0.2) is 0 Å². The summed E-state index contributed by atoms with van der Waals surface area (Å²) in [6, 6.07) is 1.79. The summed E-state index contributed by atoms with van der Waals surface area (Å²) in [4.78, 5) is 10.5. The second-order valence-electron chi connectivity index (χ2n) is 2.76. The quantitative estimate of drug-likeness (QED) is 0.681. The van der Waals surface area contributed by atoms with Gasteiger partial charge in [0.2, 0.25) is 10.0 Å². The molecule has 14 heavy (non-hydrogen) atoms. The molecule has 0 aromatic rings. The fourth-order valence-electron chi connectivity index (χ4n) is 0.732. The Morgan fingerprint density at radius 3 is 2.50 bits per heavy atom. The Morgan fingerprint density at radius 2 is 2.14 bits per heavy atom. The Balaban J connectivity index is 4.63. The van der Waals surface area contributed by atoms with Gasteiger partial charge in [0.15, 0.2) is 5.25 Å². The van der Waals surface area contributed by atoms with E-state index in [0.29, 0.717) is 0 Å². The molecule has 0 rings (SSSR count). The van der Waals surface area contributed by atoms with Crippen molar-refractivity contribution in [2.24, 2.45) is 0 Å². The second kappa shape index (κ2) is 4.93. The number of rotatable bonds is 5. The SMILES string of the molecule is CC(C(=O)O)S(=O)(=O)N(C)CCC#N. The number of carbonyl (C=O) groups is 1. The first-order valence-corrected chi connectivity index (χ1v) is 5.39. The lowest BCUT2D eigenvalue weighted by Crippen LogP contribution is -2.39. The van der Waals surface area contributed by atoms with E-state index in [1.54, 1.807) is 6.07 Å². The van der Waals surface area contributed by atoms with Gasteiger partial charge in [-0.3, -0.25) is 4.79 Å². The maximum absolute atomic E-state index is 11.4. The summed E-state index contributed by atoms with van der Waals surface area (Å²) in [5, 5.41) is 15.3. The zero-order valence-electron chi connectivity index (χ0n) is 7.97. The topological polar surface area (TPSA) is 98.5 Å². The van der Waals surface area contributed by atoms with Gasteiger partial charge < -0.3 is 5.11 Å². The van der Waals surface area contributed by atoms with Crippen LogP contribution in [0.2, 0.25) is 0 Å². The monoisotopic (exact) mass is 220 g/mol. The first-order chi connectivity index (χ1) is 6.34. The van der Waals surface area contributed by atoms with Crippen LogP contribution in [0.3, 0.4) is 0 Å². The number of hydrogen-bond donors (Lipinski definition) is 1. The van der Waals surface area contributed by atoms with Crippen LogP contribution in [-0.2, 0) is 14.8 Å². The van der Waals surface area contributed by atoms with E-state index in [4.69, 9.17) is 10.4 Å². The molecule has 0 saturated heterocycles. The summed E-state index contributed by atoms with van der Waals surface area (Å²) < 4.78 is 23.7. The van der Waals surface area contributed by atoms with Crippen molar-refractivity contribution < 1.29 is 18.3 Å². The van der Waals surface area contributed by atoms with Crippen molar-refractivity contribution in [3.8, 4) is 6.07 Å². The standard InChI is InChI=1S/C7H12N2O4S/c1-6(7(10)11)14(12,13)9(2)5-3-4-8/h6H,3,5H2,1-2H3,(H,10,11). The van der Waals surface area contributed by atoms with Crippen LogP contribution in [-0.4, -0.2) is 42.6 Å². The number of hydrogen-bond acceptors (Lipinski definition) is 4. The summed E-state index contributed by atoms with van der Waals surface area (Å²) in [7, 11) is -2.57. The molecule has 6 nitrogen and oxygen atoms in total. The Kier molecular flexibility index (Phi) is 4.53. The van der Waals surface area contributed by atoms with Gasteiger partial charge in [0.1, 0.15) is 0 Å². The van der Waals surface area contributed by atoms with Crippen LogP contribution in [0.4, 0.5) is 0 Å². The van der Waals surface area contributed by atoms with Gasteiger partial charge in [-0.25, -0.2) is 12.7 Å². The largest absolute Gasteiger partial charge is 0.480 e. The Morgan fingerprint density at radius 1 is 1.64 bits per heavy atom. The molecule has 0 radical (unpaired) electrons. The van der Waals surface area contributed by atoms with Crippen LogP contribution in [0.25, 0.3) is 0 Å². The van der Waals surface area contributed by atoms with Gasteiger partial charge in [-0.2, -0.15) is 5.26 Å². The number of nitrogens with zero attached hydrogens (tertiary/aromatic N) is 2. The molecule has 7 heteroatoms. The van der Waals surface area contributed by atoms with Crippen LogP contribution < -0.4 is 0 Å². The summed E-state index contributed by atoms with van der Waals surface area (Å²) >= 11 is 0.